The molecule has 0 radical (unpaired) electrons. The van der Waals surface area contributed by atoms with Crippen molar-refractivity contribution in [1.29, 1.82) is 0 Å². The van der Waals surface area contributed by atoms with Gasteiger partial charge in [0.05, 0.1) is 7.11 Å². The van der Waals surface area contributed by atoms with E-state index in [9.17, 15) is 9.59 Å². The van der Waals surface area contributed by atoms with Gasteiger partial charge >= 0.3 is 12.1 Å². The minimum absolute atomic E-state index is 0.329. The molecule has 2 rings (SSSR count). The maximum absolute atomic E-state index is 12.4. The van der Waals surface area contributed by atoms with Gasteiger partial charge < -0.3 is 20.1 Å². The summed E-state index contributed by atoms with van der Waals surface area (Å²) < 4.78 is 10.4. The Morgan fingerprint density at radius 2 is 1.28 bits per heavy atom. The Morgan fingerprint density at radius 3 is 1.69 bits per heavy atom. The van der Waals surface area contributed by atoms with Crippen LogP contribution < -0.4 is 10.6 Å². The van der Waals surface area contributed by atoms with Crippen LogP contribution in [-0.2, 0) is 27.1 Å². The minimum atomic E-state index is -0.620. The third kappa shape index (κ3) is 14.3. The number of amides is 1. The molecular formula is C28H42Cl2N2O4. The summed E-state index contributed by atoms with van der Waals surface area (Å²) in [6.45, 7) is 13.7. The van der Waals surface area contributed by atoms with E-state index in [1.807, 2.05) is 52.0 Å². The molecular weight excluding hydrogens is 499 g/mol. The summed E-state index contributed by atoms with van der Waals surface area (Å²) in [5.74, 6) is -0.387. The fourth-order valence-corrected chi connectivity index (χ4v) is 3.33. The first kappa shape index (κ1) is 33.7. The average Bonchev–Trinajstić information content (AvgIpc) is 2.85. The average molecular weight is 542 g/mol. The summed E-state index contributed by atoms with van der Waals surface area (Å²) in [5, 5.41) is 7.39. The van der Waals surface area contributed by atoms with Crippen LogP contribution in [0.1, 0.15) is 59.6 Å². The zero-order valence-corrected chi connectivity index (χ0v) is 24.3. The highest BCUT2D eigenvalue weighted by Crippen LogP contribution is 2.14. The van der Waals surface area contributed by atoms with Crippen molar-refractivity contribution in [2.45, 2.75) is 79.0 Å². The van der Waals surface area contributed by atoms with Crippen LogP contribution in [-0.4, -0.2) is 43.4 Å². The third-order valence-electron chi connectivity index (χ3n) is 4.57. The van der Waals surface area contributed by atoms with Crippen LogP contribution in [0.5, 0.6) is 0 Å². The van der Waals surface area contributed by atoms with E-state index in [1.54, 1.807) is 45.0 Å². The molecule has 2 atom stereocenters. The van der Waals surface area contributed by atoms with E-state index in [2.05, 4.69) is 10.6 Å². The van der Waals surface area contributed by atoms with Crippen molar-refractivity contribution >= 4 is 35.3 Å². The summed E-state index contributed by atoms with van der Waals surface area (Å²) in [5.41, 5.74) is 1.31. The number of carbonyl (C=O) groups excluding carboxylic acids is 2. The Balaban J connectivity index is 0.00000291. The molecule has 202 valence electrons. The molecule has 6 nitrogen and oxygen atoms in total. The van der Waals surface area contributed by atoms with Gasteiger partial charge in [-0.25, -0.2) is 4.79 Å². The number of methoxy groups -OCH3 is 1. The zero-order chi connectivity index (χ0) is 27.7. The molecule has 0 aliphatic rings. The van der Waals surface area contributed by atoms with Crippen LogP contribution in [0.4, 0.5) is 4.79 Å². The van der Waals surface area contributed by atoms with Gasteiger partial charge in [-0.1, -0.05) is 75.2 Å². The van der Waals surface area contributed by atoms with E-state index in [0.717, 1.165) is 11.1 Å². The van der Waals surface area contributed by atoms with E-state index in [0.29, 0.717) is 29.4 Å². The van der Waals surface area contributed by atoms with Crippen molar-refractivity contribution < 1.29 is 19.1 Å². The fraction of sp³-hybridized carbons (Fsp3) is 0.500. The Labute approximate surface area is 227 Å². The lowest BCUT2D eigenvalue weighted by atomic mass is 10.0. The molecule has 0 aromatic heterocycles. The van der Waals surface area contributed by atoms with Crippen molar-refractivity contribution in [2.24, 2.45) is 0 Å². The molecule has 0 fully saturated rings. The Morgan fingerprint density at radius 1 is 0.833 bits per heavy atom. The monoisotopic (exact) mass is 540 g/mol. The van der Waals surface area contributed by atoms with Gasteiger partial charge in [0.2, 0.25) is 0 Å². The van der Waals surface area contributed by atoms with Gasteiger partial charge in [-0.2, -0.15) is 0 Å². The first-order valence-corrected chi connectivity index (χ1v) is 13.1. The number of halogens is 2. The van der Waals surface area contributed by atoms with Crippen LogP contribution in [0.25, 0.3) is 0 Å². The summed E-state index contributed by atoms with van der Waals surface area (Å²) in [6, 6.07) is 13.8. The second-order valence-electron chi connectivity index (χ2n) is 8.49. The Hall–Kier alpha value is -2.28. The highest BCUT2D eigenvalue weighted by molar-refractivity contribution is 6.30. The second-order valence-corrected chi connectivity index (χ2v) is 9.36. The van der Waals surface area contributed by atoms with Crippen molar-refractivity contribution in [1.82, 2.24) is 10.6 Å². The van der Waals surface area contributed by atoms with Crippen molar-refractivity contribution in [3.63, 3.8) is 0 Å². The second kappa shape index (κ2) is 18.0. The van der Waals surface area contributed by atoms with Gasteiger partial charge in [0.1, 0.15) is 11.6 Å². The molecule has 0 aliphatic carbocycles. The van der Waals surface area contributed by atoms with Gasteiger partial charge in [0.15, 0.2) is 0 Å². The van der Waals surface area contributed by atoms with Crippen LogP contribution in [0.2, 0.25) is 10.0 Å². The van der Waals surface area contributed by atoms with Gasteiger partial charge in [-0.05, 0) is 69.0 Å². The van der Waals surface area contributed by atoms with E-state index in [1.165, 1.54) is 7.11 Å². The summed E-state index contributed by atoms with van der Waals surface area (Å²) in [6.07, 6.45) is 0.424. The molecule has 0 saturated heterocycles. The third-order valence-corrected chi connectivity index (χ3v) is 5.07. The molecule has 2 aromatic rings. The number of hydrogen-bond acceptors (Lipinski definition) is 5. The lowest BCUT2D eigenvalue weighted by molar-refractivity contribution is -0.143. The number of alkyl carbamates (subject to hydrolysis) is 1. The van der Waals surface area contributed by atoms with Crippen LogP contribution >= 0.6 is 23.2 Å². The largest absolute Gasteiger partial charge is 0.468 e. The zero-order valence-electron chi connectivity index (χ0n) is 22.8. The van der Waals surface area contributed by atoms with Gasteiger partial charge in [0.25, 0.3) is 0 Å². The SMILES string of the molecule is CC.CC.COC(=O)[C@H](Cc1ccc(Cl)cc1)NC[C@H](Cc1ccc(Cl)cc1)NC(=O)OC(C)(C)C. The molecule has 2 aromatic carbocycles. The summed E-state index contributed by atoms with van der Waals surface area (Å²) >= 11 is 11.9. The lowest BCUT2D eigenvalue weighted by Gasteiger charge is -2.25. The van der Waals surface area contributed by atoms with Gasteiger partial charge in [-0.15, -0.1) is 0 Å². The van der Waals surface area contributed by atoms with E-state index < -0.39 is 17.7 Å². The molecule has 0 aliphatic heterocycles. The first-order valence-electron chi connectivity index (χ1n) is 12.4. The standard InChI is InChI=1S/C24H30Cl2N2O4.2C2H6/c1-24(2,3)32-23(30)28-20(13-16-5-9-18(25)10-6-16)15-27-21(22(29)31-4)14-17-7-11-19(26)12-8-17;2*1-2/h5-12,20-21,27H,13-15H2,1-4H3,(H,28,30);2*1-2H3/t20-,21-;;/m0../s1. The predicted molar refractivity (Wildman–Crippen MR) is 150 cm³/mol. The van der Waals surface area contributed by atoms with E-state index in [4.69, 9.17) is 32.7 Å². The normalized spacial score (nSPS) is 12.1. The van der Waals surface area contributed by atoms with Gasteiger partial charge in [-0.3, -0.25) is 4.79 Å². The highest BCUT2D eigenvalue weighted by Gasteiger charge is 2.24. The molecule has 8 heteroatoms. The number of ether oxygens (including phenoxy) is 2. The van der Waals surface area contributed by atoms with Crippen LogP contribution in [0.3, 0.4) is 0 Å². The maximum atomic E-state index is 12.4. The number of rotatable bonds is 9. The number of nitrogens with one attached hydrogen (secondary N) is 2. The highest BCUT2D eigenvalue weighted by atomic mass is 35.5. The van der Waals surface area contributed by atoms with Crippen LogP contribution in [0, 0.1) is 0 Å². The maximum Gasteiger partial charge on any atom is 0.407 e. The Kier molecular flexibility index (Phi) is 16.9. The summed E-state index contributed by atoms with van der Waals surface area (Å²) in [7, 11) is 1.35. The molecule has 0 spiro atoms. The molecule has 0 unspecified atom stereocenters. The summed E-state index contributed by atoms with van der Waals surface area (Å²) in [4.78, 5) is 24.7. The molecule has 36 heavy (non-hydrogen) atoms. The van der Waals surface area contributed by atoms with Crippen molar-refractivity contribution in [3.05, 3.63) is 69.7 Å². The smallest absolute Gasteiger partial charge is 0.407 e. The van der Waals surface area contributed by atoms with Gasteiger partial charge in [0, 0.05) is 22.6 Å². The van der Waals surface area contributed by atoms with Crippen molar-refractivity contribution in [2.75, 3.05) is 13.7 Å². The lowest BCUT2D eigenvalue weighted by Crippen LogP contribution is -2.50. The van der Waals surface area contributed by atoms with E-state index >= 15 is 0 Å². The number of benzene rings is 2. The van der Waals surface area contributed by atoms with E-state index in [-0.39, 0.29) is 12.0 Å². The molecule has 2 N–H and O–H groups in total. The first-order chi connectivity index (χ1) is 17.1. The topological polar surface area (TPSA) is 76.7 Å². The minimum Gasteiger partial charge on any atom is -0.468 e. The number of carbonyl (C=O) groups is 2. The quantitative estimate of drug-likeness (QED) is 0.340. The Bertz CT molecular complexity index is 882. The predicted octanol–water partition coefficient (Wildman–Crippen LogP) is 6.86. The molecule has 0 heterocycles. The molecule has 0 saturated carbocycles. The van der Waals surface area contributed by atoms with Crippen molar-refractivity contribution in [3.8, 4) is 0 Å². The number of hydrogen-bond donors (Lipinski definition) is 2. The molecule has 1 amide bonds. The number of esters is 1. The van der Waals surface area contributed by atoms with Crippen LogP contribution in [0.15, 0.2) is 48.5 Å². The fourth-order valence-electron chi connectivity index (χ4n) is 3.08. The molecule has 0 bridgehead atoms.